The van der Waals surface area contributed by atoms with Crippen LogP contribution >= 0.6 is 0 Å². The lowest BCUT2D eigenvalue weighted by molar-refractivity contribution is 0.100. The van der Waals surface area contributed by atoms with E-state index in [-0.39, 0.29) is 0 Å². The van der Waals surface area contributed by atoms with Crippen molar-refractivity contribution in [3.05, 3.63) is 53.9 Å². The number of nitrogens with zero attached hydrogens (tertiary/aromatic N) is 2. The number of carbonyl (C=O) groups is 1. The van der Waals surface area contributed by atoms with E-state index in [1.54, 1.807) is 12.4 Å². The molecule has 0 aliphatic carbocycles. The Morgan fingerprint density at radius 1 is 1.41 bits per heavy atom. The van der Waals surface area contributed by atoms with Crippen LogP contribution in [-0.2, 0) is 6.54 Å². The summed E-state index contributed by atoms with van der Waals surface area (Å²) in [6.45, 7) is 0.825. The highest BCUT2D eigenvalue weighted by Gasteiger charge is 2.16. The van der Waals surface area contributed by atoms with Crippen LogP contribution in [0.1, 0.15) is 15.9 Å². The Bertz CT molecular complexity index is 836. The molecule has 0 saturated heterocycles. The normalized spacial score (nSPS) is 11.2. The second-order valence-corrected chi connectivity index (χ2v) is 5.51. The van der Waals surface area contributed by atoms with Gasteiger partial charge in [-0.05, 0) is 31.3 Å². The molecule has 0 unspecified atom stereocenters. The first kappa shape index (κ1) is 14.3. The van der Waals surface area contributed by atoms with Gasteiger partial charge in [0.05, 0.1) is 5.56 Å². The van der Waals surface area contributed by atoms with Crippen molar-refractivity contribution >= 4 is 16.9 Å². The summed E-state index contributed by atoms with van der Waals surface area (Å²) < 4.78 is 0. The summed E-state index contributed by atoms with van der Waals surface area (Å²) >= 11 is 0. The van der Waals surface area contributed by atoms with E-state index in [2.05, 4.69) is 33.1 Å². The molecule has 3 rings (SSSR count). The minimum absolute atomic E-state index is 0.452. The molecule has 1 radical (unpaired) electrons. The number of rotatable bonds is 4. The van der Waals surface area contributed by atoms with Crippen LogP contribution in [0.3, 0.4) is 0 Å². The molecule has 3 N–H and O–H groups in total. The molecule has 5 nitrogen and oxygen atoms in total. The summed E-state index contributed by atoms with van der Waals surface area (Å²) in [5.41, 5.74) is 9.48. The first-order valence-corrected chi connectivity index (χ1v) is 6.98. The Morgan fingerprint density at radius 2 is 2.23 bits per heavy atom. The number of nitrogens with two attached hydrogens (primary N) is 1. The zero-order valence-corrected chi connectivity index (χ0v) is 12.6. The molecular weight excluding hydrogens is 276 g/mol. The third-order valence-corrected chi connectivity index (χ3v) is 3.49. The second kappa shape index (κ2) is 5.61. The Labute approximate surface area is 128 Å². The van der Waals surface area contributed by atoms with Crippen molar-refractivity contribution in [1.29, 1.82) is 0 Å². The summed E-state index contributed by atoms with van der Waals surface area (Å²) in [6.07, 6.45) is 3.32. The molecule has 0 bridgehead atoms. The molecule has 5 heteroatoms. The van der Waals surface area contributed by atoms with E-state index >= 15 is 0 Å². The van der Waals surface area contributed by atoms with Gasteiger partial charge in [0.2, 0.25) is 5.91 Å². The molecule has 2 heterocycles. The Morgan fingerprint density at radius 3 is 2.95 bits per heavy atom. The number of primary amides is 1. The molecule has 0 spiro atoms. The quantitative estimate of drug-likeness (QED) is 0.774. The van der Waals surface area contributed by atoms with E-state index in [1.165, 1.54) is 0 Å². The fourth-order valence-electron chi connectivity index (χ4n) is 2.62. The minimum Gasteiger partial charge on any atom is -0.366 e. The van der Waals surface area contributed by atoms with Gasteiger partial charge in [-0.1, -0.05) is 18.2 Å². The average Bonchev–Trinajstić information content (AvgIpc) is 2.93. The predicted molar refractivity (Wildman–Crippen MR) is 86.3 cm³/mol. The summed E-state index contributed by atoms with van der Waals surface area (Å²) in [5.74, 6) is -0.476. The van der Waals surface area contributed by atoms with E-state index in [1.807, 2.05) is 26.2 Å². The maximum absolute atomic E-state index is 11.9. The first-order chi connectivity index (χ1) is 10.6. The number of nitrogens with one attached hydrogen (secondary N) is 1. The van der Waals surface area contributed by atoms with E-state index in [0.29, 0.717) is 16.6 Å². The molecule has 0 aliphatic rings. The number of pyridine rings is 1. The number of H-pyrrole nitrogens is 1. The maximum Gasteiger partial charge on any atom is 0.250 e. The lowest BCUT2D eigenvalue weighted by Crippen LogP contribution is -2.13. The number of hydrogen-bond donors (Lipinski definition) is 2. The smallest absolute Gasteiger partial charge is 0.250 e. The van der Waals surface area contributed by atoms with Crippen LogP contribution in [0.2, 0.25) is 0 Å². The minimum atomic E-state index is -0.476. The van der Waals surface area contributed by atoms with Crippen molar-refractivity contribution in [2.75, 3.05) is 14.1 Å². The molecule has 22 heavy (non-hydrogen) atoms. The van der Waals surface area contributed by atoms with Gasteiger partial charge in [-0.15, -0.1) is 0 Å². The molecule has 1 amide bonds. The summed E-state index contributed by atoms with van der Waals surface area (Å²) in [4.78, 5) is 21.3. The topological polar surface area (TPSA) is 75.0 Å². The highest BCUT2D eigenvalue weighted by Crippen LogP contribution is 2.28. The monoisotopic (exact) mass is 293 g/mol. The fraction of sp³-hybridized carbons (Fsp3) is 0.176. The SMILES string of the molecule is CN(C)Cc1cccc(-c2cnc3[nH]c[c]c3c2C(N)=O)c1. The van der Waals surface area contributed by atoms with E-state index in [0.717, 1.165) is 23.2 Å². The van der Waals surface area contributed by atoms with Crippen LogP contribution < -0.4 is 5.73 Å². The lowest BCUT2D eigenvalue weighted by Gasteiger charge is -2.12. The van der Waals surface area contributed by atoms with E-state index in [9.17, 15) is 4.79 Å². The molecule has 111 valence electrons. The Hall–Kier alpha value is -2.66. The summed E-state index contributed by atoms with van der Waals surface area (Å²) in [7, 11) is 4.04. The van der Waals surface area contributed by atoms with Gasteiger partial charge >= 0.3 is 0 Å². The standard InChI is InChI=1S/C17H17N4O/c1-21(2)10-11-4-3-5-12(8-11)14-9-20-17-13(6-7-19-17)15(14)16(18)22/h3-5,7-9H,10H2,1-2H3,(H2,18,22)(H,19,20). The van der Waals surface area contributed by atoms with Crippen molar-refractivity contribution in [2.24, 2.45) is 5.73 Å². The van der Waals surface area contributed by atoms with Crippen LogP contribution in [-0.4, -0.2) is 34.9 Å². The molecular formula is C17H17N4O. The van der Waals surface area contributed by atoms with Crippen molar-refractivity contribution in [3.8, 4) is 11.1 Å². The summed E-state index contributed by atoms with van der Waals surface area (Å²) in [5, 5.41) is 0.628. The number of carbonyl (C=O) groups excluding carboxylic acids is 1. The molecule has 1 aromatic carbocycles. The highest BCUT2D eigenvalue weighted by atomic mass is 16.1. The van der Waals surface area contributed by atoms with E-state index in [4.69, 9.17) is 5.73 Å². The van der Waals surface area contributed by atoms with Crippen LogP contribution in [0.5, 0.6) is 0 Å². The lowest BCUT2D eigenvalue weighted by atomic mass is 9.97. The average molecular weight is 293 g/mol. The Kier molecular flexibility index (Phi) is 3.65. The van der Waals surface area contributed by atoms with Gasteiger partial charge < -0.3 is 15.6 Å². The molecule has 0 saturated carbocycles. The van der Waals surface area contributed by atoms with Crippen molar-refractivity contribution in [3.63, 3.8) is 0 Å². The molecule has 0 fully saturated rings. The number of aromatic amines is 1. The van der Waals surface area contributed by atoms with Crippen molar-refractivity contribution in [1.82, 2.24) is 14.9 Å². The van der Waals surface area contributed by atoms with Gasteiger partial charge in [-0.2, -0.15) is 0 Å². The third-order valence-electron chi connectivity index (χ3n) is 3.49. The molecule has 0 atom stereocenters. The molecule has 0 aliphatic heterocycles. The number of aromatic nitrogens is 2. The van der Waals surface area contributed by atoms with Gasteiger partial charge in [0.1, 0.15) is 5.65 Å². The molecule has 2 aromatic heterocycles. The Balaban J connectivity index is 2.17. The highest BCUT2D eigenvalue weighted by molar-refractivity contribution is 6.10. The molecule has 3 aromatic rings. The zero-order valence-electron chi connectivity index (χ0n) is 12.6. The maximum atomic E-state index is 11.9. The number of hydrogen-bond acceptors (Lipinski definition) is 3. The van der Waals surface area contributed by atoms with Gasteiger partial charge in [-0.25, -0.2) is 4.98 Å². The van der Waals surface area contributed by atoms with Crippen LogP contribution in [0, 0.1) is 6.07 Å². The second-order valence-electron chi connectivity index (χ2n) is 5.51. The first-order valence-electron chi connectivity index (χ1n) is 6.98. The predicted octanol–water partition coefficient (Wildman–Crippen LogP) is 2.19. The largest absolute Gasteiger partial charge is 0.366 e. The summed E-state index contributed by atoms with van der Waals surface area (Å²) in [6, 6.07) is 11.0. The number of fused-ring (bicyclic) bond motifs is 1. The van der Waals surface area contributed by atoms with Gasteiger partial charge in [0.25, 0.3) is 0 Å². The van der Waals surface area contributed by atoms with Crippen LogP contribution in [0.15, 0.2) is 36.7 Å². The fourth-order valence-corrected chi connectivity index (χ4v) is 2.62. The van der Waals surface area contributed by atoms with Crippen LogP contribution in [0.4, 0.5) is 0 Å². The third kappa shape index (κ3) is 2.58. The van der Waals surface area contributed by atoms with Gasteiger partial charge in [-0.3, -0.25) is 4.79 Å². The van der Waals surface area contributed by atoms with Crippen molar-refractivity contribution in [2.45, 2.75) is 6.54 Å². The van der Waals surface area contributed by atoms with Crippen molar-refractivity contribution < 1.29 is 4.79 Å². The van der Waals surface area contributed by atoms with Gasteiger partial charge in [0.15, 0.2) is 0 Å². The van der Waals surface area contributed by atoms with Gasteiger partial charge in [0, 0.05) is 36.0 Å². The number of benzene rings is 1. The number of amides is 1. The van der Waals surface area contributed by atoms with E-state index < -0.39 is 5.91 Å². The van der Waals surface area contributed by atoms with Crippen LogP contribution in [0.25, 0.3) is 22.2 Å². The zero-order chi connectivity index (χ0) is 15.7.